The average molecular weight is 312 g/mol. The first-order valence-corrected chi connectivity index (χ1v) is 7.47. The lowest BCUT2D eigenvalue weighted by molar-refractivity contribution is 0.00578. The predicted molar refractivity (Wildman–Crippen MR) is 90.7 cm³/mol. The zero-order chi connectivity index (χ0) is 14.8. The quantitative estimate of drug-likeness (QED) is 0.848. The molecule has 3 nitrogen and oxygen atoms in total. The molecule has 0 radical (unpaired) electrons. The van der Waals surface area contributed by atoms with Gasteiger partial charge in [0.05, 0.1) is 11.2 Å². The van der Waals surface area contributed by atoms with E-state index in [9.17, 15) is 0 Å². The molecule has 2 N–H and O–H groups in total. The highest BCUT2D eigenvalue weighted by molar-refractivity contribution is 6.47. The molecule has 118 valence electrons. The molecule has 0 aromatic heterocycles. The monoisotopic (exact) mass is 311 g/mol. The highest BCUT2D eigenvalue weighted by atomic mass is 35.5. The second-order valence-electron chi connectivity index (χ2n) is 6.67. The summed E-state index contributed by atoms with van der Waals surface area (Å²) in [5.41, 5.74) is 7.00. The minimum atomic E-state index is -0.297. The van der Waals surface area contributed by atoms with E-state index in [0.29, 0.717) is 0 Å². The van der Waals surface area contributed by atoms with Gasteiger partial charge < -0.3 is 15.0 Å². The van der Waals surface area contributed by atoms with Gasteiger partial charge in [-0.3, -0.25) is 0 Å². The van der Waals surface area contributed by atoms with Crippen LogP contribution in [0.25, 0.3) is 0 Å². The zero-order valence-corrected chi connectivity index (χ0v) is 14.3. The lowest BCUT2D eigenvalue weighted by Crippen LogP contribution is -2.41. The van der Waals surface area contributed by atoms with Crippen molar-refractivity contribution in [2.24, 2.45) is 5.73 Å². The second-order valence-corrected chi connectivity index (χ2v) is 6.67. The van der Waals surface area contributed by atoms with E-state index >= 15 is 0 Å². The maximum Gasteiger partial charge on any atom is 0.475 e. The number of benzene rings is 1. The molecule has 0 saturated carbocycles. The molecule has 1 aliphatic heterocycles. The van der Waals surface area contributed by atoms with Gasteiger partial charge in [0.25, 0.3) is 0 Å². The third kappa shape index (κ3) is 4.46. The number of hydrogen-bond acceptors (Lipinski definition) is 3. The molecular formula is C16H27BClNO2. The number of rotatable bonds is 5. The Morgan fingerprint density at radius 2 is 1.57 bits per heavy atom. The van der Waals surface area contributed by atoms with Crippen LogP contribution in [0.15, 0.2) is 30.3 Å². The van der Waals surface area contributed by atoms with Gasteiger partial charge in [-0.15, -0.1) is 12.4 Å². The summed E-state index contributed by atoms with van der Waals surface area (Å²) in [4.78, 5) is 0. The summed E-state index contributed by atoms with van der Waals surface area (Å²) in [7, 11) is -0.296. The number of aryl methyl sites for hydroxylation is 1. The van der Waals surface area contributed by atoms with Gasteiger partial charge in [-0.05, 0) is 52.5 Å². The van der Waals surface area contributed by atoms with Crippen molar-refractivity contribution < 1.29 is 9.31 Å². The van der Waals surface area contributed by atoms with Gasteiger partial charge >= 0.3 is 7.12 Å². The highest BCUT2D eigenvalue weighted by Gasteiger charge is 2.52. The van der Waals surface area contributed by atoms with E-state index in [2.05, 4.69) is 52.0 Å². The van der Waals surface area contributed by atoms with Crippen LogP contribution in [0.3, 0.4) is 0 Å². The molecule has 1 unspecified atom stereocenters. The first-order chi connectivity index (χ1) is 9.32. The third-order valence-electron chi connectivity index (χ3n) is 4.47. The molecule has 5 heteroatoms. The van der Waals surface area contributed by atoms with Crippen molar-refractivity contribution in [3.8, 4) is 0 Å². The minimum Gasteiger partial charge on any atom is -0.402 e. The van der Waals surface area contributed by atoms with Crippen LogP contribution in [0, 0.1) is 0 Å². The molecule has 21 heavy (non-hydrogen) atoms. The molecule has 0 spiro atoms. The summed E-state index contributed by atoms with van der Waals surface area (Å²) < 4.78 is 12.0. The van der Waals surface area contributed by atoms with Gasteiger partial charge in [0.1, 0.15) is 0 Å². The summed E-state index contributed by atoms with van der Waals surface area (Å²) in [5.74, 6) is -0.0697. The van der Waals surface area contributed by atoms with E-state index in [1.807, 2.05) is 6.07 Å². The largest absolute Gasteiger partial charge is 0.475 e. The second kappa shape index (κ2) is 7.14. The van der Waals surface area contributed by atoms with Gasteiger partial charge in [0.2, 0.25) is 0 Å². The SMILES string of the molecule is CC1(C)OB(C(N)CCCc2ccccc2)OC1(C)C.Cl. The fourth-order valence-electron chi connectivity index (χ4n) is 2.39. The number of nitrogens with two attached hydrogens (primary N) is 1. The first-order valence-electron chi connectivity index (χ1n) is 7.47. The maximum atomic E-state index is 6.24. The third-order valence-corrected chi connectivity index (χ3v) is 4.47. The van der Waals surface area contributed by atoms with Crippen LogP contribution in [0.2, 0.25) is 0 Å². The average Bonchev–Trinajstić information content (AvgIpc) is 2.60. The van der Waals surface area contributed by atoms with Gasteiger partial charge in [-0.25, -0.2) is 0 Å². The summed E-state index contributed by atoms with van der Waals surface area (Å²) in [6.45, 7) is 8.24. The summed E-state index contributed by atoms with van der Waals surface area (Å²) in [6.07, 6.45) is 3.01. The smallest absolute Gasteiger partial charge is 0.402 e. The van der Waals surface area contributed by atoms with Crippen molar-refractivity contribution in [2.75, 3.05) is 0 Å². The van der Waals surface area contributed by atoms with Crippen molar-refractivity contribution in [3.63, 3.8) is 0 Å². The standard InChI is InChI=1S/C16H26BNO2.ClH/c1-15(2)16(3,4)20-17(19-15)14(18)12-8-11-13-9-6-5-7-10-13;/h5-7,9-10,14H,8,11-12,18H2,1-4H3;1H. The Morgan fingerprint density at radius 1 is 1.05 bits per heavy atom. The number of hydrogen-bond donors (Lipinski definition) is 1. The number of halogens is 1. The molecule has 1 heterocycles. The van der Waals surface area contributed by atoms with Crippen molar-refractivity contribution in [3.05, 3.63) is 35.9 Å². The van der Waals surface area contributed by atoms with Crippen molar-refractivity contribution in [1.29, 1.82) is 0 Å². The van der Waals surface area contributed by atoms with E-state index < -0.39 is 0 Å². The van der Waals surface area contributed by atoms with Crippen molar-refractivity contribution in [1.82, 2.24) is 0 Å². The molecule has 0 aliphatic carbocycles. The predicted octanol–water partition coefficient (Wildman–Crippen LogP) is 3.39. The molecule has 1 saturated heterocycles. The molecule has 2 rings (SSSR count). The Morgan fingerprint density at radius 3 is 2.10 bits per heavy atom. The van der Waals surface area contributed by atoms with Gasteiger partial charge in [0.15, 0.2) is 0 Å². The zero-order valence-electron chi connectivity index (χ0n) is 13.5. The molecule has 1 fully saturated rings. The highest BCUT2D eigenvalue weighted by Crippen LogP contribution is 2.37. The van der Waals surface area contributed by atoms with Crippen molar-refractivity contribution >= 4 is 19.5 Å². The van der Waals surface area contributed by atoms with Crippen LogP contribution in [0.4, 0.5) is 0 Å². The van der Waals surface area contributed by atoms with Crippen LogP contribution in [-0.4, -0.2) is 24.3 Å². The molecule has 0 bridgehead atoms. The molecule has 1 aromatic rings. The first kappa shape index (κ1) is 18.5. The summed E-state index contributed by atoms with van der Waals surface area (Å²) in [6, 6.07) is 10.5. The molecule has 0 amide bonds. The summed E-state index contributed by atoms with van der Waals surface area (Å²) >= 11 is 0. The molecule has 1 atom stereocenters. The van der Waals surface area contributed by atoms with Crippen LogP contribution < -0.4 is 5.73 Å². The Kier molecular flexibility index (Phi) is 6.29. The molecular weight excluding hydrogens is 284 g/mol. The lowest BCUT2D eigenvalue weighted by Gasteiger charge is -2.32. The Hall–Kier alpha value is -0.545. The van der Waals surface area contributed by atoms with E-state index in [1.165, 1.54) is 5.56 Å². The Labute approximate surface area is 135 Å². The van der Waals surface area contributed by atoms with E-state index in [1.54, 1.807) is 0 Å². The van der Waals surface area contributed by atoms with Crippen LogP contribution in [0.5, 0.6) is 0 Å². The van der Waals surface area contributed by atoms with Gasteiger partial charge in [-0.2, -0.15) is 0 Å². The lowest BCUT2D eigenvalue weighted by atomic mass is 9.76. The molecule has 1 aromatic carbocycles. The maximum absolute atomic E-state index is 6.24. The topological polar surface area (TPSA) is 44.5 Å². The van der Waals surface area contributed by atoms with Crippen LogP contribution >= 0.6 is 12.4 Å². The Bertz CT molecular complexity index is 423. The van der Waals surface area contributed by atoms with Gasteiger partial charge in [-0.1, -0.05) is 30.3 Å². The van der Waals surface area contributed by atoms with E-state index in [-0.39, 0.29) is 36.7 Å². The van der Waals surface area contributed by atoms with Gasteiger partial charge in [0, 0.05) is 5.94 Å². The normalized spacial score (nSPS) is 20.9. The minimum absolute atomic E-state index is 0. The Balaban J connectivity index is 0.00000220. The molecule has 1 aliphatic rings. The van der Waals surface area contributed by atoms with E-state index in [0.717, 1.165) is 19.3 Å². The van der Waals surface area contributed by atoms with Crippen LogP contribution in [0.1, 0.15) is 46.1 Å². The van der Waals surface area contributed by atoms with Crippen molar-refractivity contribution in [2.45, 2.75) is 64.1 Å². The fraction of sp³-hybridized carbons (Fsp3) is 0.625. The van der Waals surface area contributed by atoms with E-state index in [4.69, 9.17) is 15.0 Å². The van der Waals surface area contributed by atoms with Crippen LogP contribution in [-0.2, 0) is 15.7 Å². The summed E-state index contributed by atoms with van der Waals surface area (Å²) in [5, 5.41) is 0. The fourth-order valence-corrected chi connectivity index (χ4v) is 2.39.